The molecule has 0 radical (unpaired) electrons. The highest BCUT2D eigenvalue weighted by molar-refractivity contribution is 7.89. The average molecular weight is 625 g/mol. The van der Waals surface area contributed by atoms with Gasteiger partial charge in [0.1, 0.15) is 11.7 Å². The zero-order valence-corrected chi connectivity index (χ0v) is 25.7. The molecule has 2 fully saturated rings. The molecule has 0 bridgehead atoms. The van der Waals surface area contributed by atoms with E-state index in [-0.39, 0.29) is 17.9 Å². The van der Waals surface area contributed by atoms with Gasteiger partial charge in [0.25, 0.3) is 0 Å². The van der Waals surface area contributed by atoms with Crippen LogP contribution in [0.2, 0.25) is 15.1 Å². The molecule has 12 heteroatoms. The Labute approximate surface area is 250 Å². The molecule has 1 aliphatic carbocycles. The zero-order valence-electron chi connectivity index (χ0n) is 22.6. The van der Waals surface area contributed by atoms with Crippen molar-refractivity contribution >= 4 is 50.7 Å². The Balaban J connectivity index is 1.22. The largest absolute Gasteiger partial charge is 0.352 e. The van der Waals surface area contributed by atoms with Gasteiger partial charge in [-0.1, -0.05) is 57.7 Å². The van der Waals surface area contributed by atoms with E-state index in [2.05, 4.69) is 15.6 Å². The monoisotopic (exact) mass is 623 g/mol. The van der Waals surface area contributed by atoms with Crippen LogP contribution in [0.25, 0.3) is 5.69 Å². The molecule has 0 spiro atoms. The summed E-state index contributed by atoms with van der Waals surface area (Å²) in [6.45, 7) is 5.92. The van der Waals surface area contributed by atoms with Crippen LogP contribution in [0.5, 0.6) is 0 Å². The number of carbonyl (C=O) groups is 1. The number of aryl methyl sites for hydroxylation is 3. The van der Waals surface area contributed by atoms with Crippen molar-refractivity contribution in [2.75, 3.05) is 6.54 Å². The molecule has 8 nitrogen and oxygen atoms in total. The van der Waals surface area contributed by atoms with Gasteiger partial charge in [-0.25, -0.2) is 13.1 Å². The molecule has 1 N–H and O–H groups in total. The number of amides is 1. The smallest absolute Gasteiger partial charge is 0.244 e. The summed E-state index contributed by atoms with van der Waals surface area (Å²) in [4.78, 5) is 13.7. The summed E-state index contributed by atoms with van der Waals surface area (Å²) >= 11 is 18.7. The first-order valence-corrected chi connectivity index (χ1v) is 16.0. The first kappa shape index (κ1) is 29.3. The molecule has 1 amide bonds. The van der Waals surface area contributed by atoms with Crippen LogP contribution in [0.3, 0.4) is 0 Å². The molecule has 2 heterocycles. The minimum Gasteiger partial charge on any atom is -0.352 e. The standard InChI is InChI=1S/C28H32Cl3N5O3S/c1-16-11-17(2)27(18(3)12-16)40(38,39)36-10-4-5-25(36)28(37)32-21-8-6-19(7-9-21)24-15-35(34-33-24)26-22(30)13-20(29)14-23(26)31/h11-15,19,21,25H,4-10H2,1-3H3,(H,32,37). The lowest BCUT2D eigenvalue weighted by Crippen LogP contribution is -2.49. The fourth-order valence-electron chi connectivity index (χ4n) is 6.14. The number of hydrogen-bond acceptors (Lipinski definition) is 5. The second kappa shape index (κ2) is 11.6. The van der Waals surface area contributed by atoms with Gasteiger partial charge in [-0.2, -0.15) is 4.31 Å². The Bertz CT molecular complexity index is 1500. The highest BCUT2D eigenvalue weighted by Gasteiger charge is 2.41. The minimum atomic E-state index is -3.80. The van der Waals surface area contributed by atoms with Gasteiger partial charge in [-0.05, 0) is 82.6 Å². The van der Waals surface area contributed by atoms with E-state index in [4.69, 9.17) is 34.8 Å². The zero-order chi connectivity index (χ0) is 28.8. The summed E-state index contributed by atoms with van der Waals surface area (Å²) in [6, 6.07) is 6.25. The van der Waals surface area contributed by atoms with Crippen molar-refractivity contribution in [3.63, 3.8) is 0 Å². The van der Waals surface area contributed by atoms with Crippen molar-refractivity contribution < 1.29 is 13.2 Å². The van der Waals surface area contributed by atoms with Gasteiger partial charge < -0.3 is 5.32 Å². The van der Waals surface area contributed by atoms with Crippen LogP contribution in [0, 0.1) is 20.8 Å². The molecule has 1 aromatic heterocycles. The Morgan fingerprint density at radius 3 is 2.20 bits per heavy atom. The van der Waals surface area contributed by atoms with Crippen molar-refractivity contribution in [3.05, 3.63) is 67.9 Å². The first-order valence-electron chi connectivity index (χ1n) is 13.4. The van der Waals surface area contributed by atoms with E-state index in [9.17, 15) is 13.2 Å². The highest BCUT2D eigenvalue weighted by atomic mass is 35.5. The quantitative estimate of drug-likeness (QED) is 0.355. The number of nitrogens with zero attached hydrogens (tertiary/aromatic N) is 4. The van der Waals surface area contributed by atoms with E-state index in [1.165, 1.54) is 4.31 Å². The second-order valence-corrected chi connectivity index (χ2v) is 13.9. The predicted octanol–water partition coefficient (Wildman–Crippen LogP) is 6.15. The number of sulfonamides is 1. The van der Waals surface area contributed by atoms with Crippen molar-refractivity contribution in [2.45, 2.75) is 82.2 Å². The molecule has 1 saturated heterocycles. The Hall–Kier alpha value is -2.17. The van der Waals surface area contributed by atoms with Crippen molar-refractivity contribution in [1.82, 2.24) is 24.6 Å². The normalized spacial score (nSPS) is 22.0. The highest BCUT2D eigenvalue weighted by Crippen LogP contribution is 2.36. The third-order valence-electron chi connectivity index (χ3n) is 7.89. The van der Waals surface area contributed by atoms with Crippen LogP contribution in [0.15, 0.2) is 35.4 Å². The van der Waals surface area contributed by atoms with Crippen LogP contribution in [0.1, 0.15) is 66.8 Å². The number of aromatic nitrogens is 3. The van der Waals surface area contributed by atoms with Crippen LogP contribution in [0.4, 0.5) is 0 Å². The van der Waals surface area contributed by atoms with Gasteiger partial charge in [0.15, 0.2) is 0 Å². The number of benzene rings is 2. The Morgan fingerprint density at radius 1 is 0.950 bits per heavy atom. The summed E-state index contributed by atoms with van der Waals surface area (Å²) in [7, 11) is -3.80. The maximum atomic E-state index is 13.7. The Morgan fingerprint density at radius 2 is 1.57 bits per heavy atom. The van der Waals surface area contributed by atoms with Gasteiger partial charge in [-0.3, -0.25) is 4.79 Å². The predicted molar refractivity (Wildman–Crippen MR) is 157 cm³/mol. The van der Waals surface area contributed by atoms with Crippen molar-refractivity contribution in [1.29, 1.82) is 0 Å². The molecule has 1 aliphatic heterocycles. The molecule has 5 rings (SSSR count). The number of halogens is 3. The number of carbonyl (C=O) groups excluding carboxylic acids is 1. The van der Waals surface area contributed by atoms with Crippen LogP contribution < -0.4 is 5.32 Å². The molecular formula is C28H32Cl3N5O3S. The fourth-order valence-corrected chi connectivity index (χ4v) is 9.20. The van der Waals surface area contributed by atoms with Crippen LogP contribution >= 0.6 is 34.8 Å². The van der Waals surface area contributed by atoms with E-state index in [1.807, 2.05) is 39.1 Å². The number of nitrogens with one attached hydrogen (secondary N) is 1. The fraction of sp³-hybridized carbons (Fsp3) is 0.464. The molecule has 1 saturated carbocycles. The minimum absolute atomic E-state index is 0.0213. The molecule has 2 aromatic carbocycles. The topological polar surface area (TPSA) is 97.2 Å². The molecular weight excluding hydrogens is 593 g/mol. The molecule has 40 heavy (non-hydrogen) atoms. The van der Waals surface area contributed by atoms with Gasteiger partial charge in [0, 0.05) is 23.5 Å². The maximum Gasteiger partial charge on any atom is 0.244 e. The summed E-state index contributed by atoms with van der Waals surface area (Å²) in [6.07, 6.45) is 6.18. The lowest BCUT2D eigenvalue weighted by atomic mass is 9.84. The van der Waals surface area contributed by atoms with E-state index < -0.39 is 16.1 Å². The molecule has 1 atom stereocenters. The number of rotatable bonds is 6. The van der Waals surface area contributed by atoms with Crippen molar-refractivity contribution in [2.24, 2.45) is 0 Å². The van der Waals surface area contributed by atoms with Gasteiger partial charge in [-0.15, -0.1) is 5.10 Å². The third kappa shape index (κ3) is 5.77. The van der Waals surface area contributed by atoms with Crippen molar-refractivity contribution in [3.8, 4) is 5.69 Å². The molecule has 214 valence electrons. The first-order chi connectivity index (χ1) is 19.0. The summed E-state index contributed by atoms with van der Waals surface area (Å²) in [5.74, 6) is -0.0347. The second-order valence-electron chi connectivity index (χ2n) is 10.9. The van der Waals surface area contributed by atoms with Crippen LogP contribution in [-0.4, -0.2) is 52.3 Å². The summed E-state index contributed by atoms with van der Waals surface area (Å²) in [5, 5.41) is 12.9. The lowest BCUT2D eigenvalue weighted by molar-refractivity contribution is -0.125. The van der Waals surface area contributed by atoms with Gasteiger partial charge in [0.05, 0.1) is 26.8 Å². The maximum absolute atomic E-state index is 13.7. The van der Waals surface area contributed by atoms with Gasteiger partial charge >= 0.3 is 0 Å². The van der Waals surface area contributed by atoms with Crippen LogP contribution in [-0.2, 0) is 14.8 Å². The Kier molecular flexibility index (Phi) is 8.51. The lowest BCUT2D eigenvalue weighted by Gasteiger charge is -2.30. The number of hydrogen-bond donors (Lipinski definition) is 1. The SMILES string of the molecule is Cc1cc(C)c(S(=O)(=O)N2CCCC2C(=O)NC2CCC(c3cn(-c4c(Cl)cc(Cl)cc4Cl)nn3)CC2)c(C)c1. The molecule has 3 aromatic rings. The summed E-state index contributed by atoms with van der Waals surface area (Å²) < 4.78 is 30.3. The van der Waals surface area contributed by atoms with E-state index >= 15 is 0 Å². The third-order valence-corrected chi connectivity index (χ3v) is 10.9. The summed E-state index contributed by atoms with van der Waals surface area (Å²) in [5.41, 5.74) is 3.79. The molecule has 1 unspecified atom stereocenters. The average Bonchev–Trinajstić information content (AvgIpc) is 3.54. The van der Waals surface area contributed by atoms with E-state index in [0.29, 0.717) is 56.2 Å². The van der Waals surface area contributed by atoms with E-state index in [1.54, 1.807) is 16.8 Å². The van der Waals surface area contributed by atoms with Gasteiger partial charge in [0.2, 0.25) is 15.9 Å². The molecule has 2 aliphatic rings. The van der Waals surface area contributed by atoms with E-state index in [0.717, 1.165) is 36.9 Å².